The Bertz CT molecular complexity index is 112. The van der Waals surface area contributed by atoms with Crippen LogP contribution in [0.15, 0.2) is 0 Å². The van der Waals surface area contributed by atoms with E-state index in [0.29, 0.717) is 24.9 Å². The lowest BCUT2D eigenvalue weighted by Gasteiger charge is -2.12. The van der Waals surface area contributed by atoms with Gasteiger partial charge in [0.05, 0.1) is 0 Å². The topological polar surface area (TPSA) is 26.3 Å². The molecular formula is C10H20O2. The SMILES string of the molecule is CCC(C)COCC(C)CC=O. The number of hydrogen-bond acceptors (Lipinski definition) is 2. The average molecular weight is 172 g/mol. The summed E-state index contributed by atoms with van der Waals surface area (Å²) in [6, 6.07) is 0. The molecule has 0 spiro atoms. The zero-order valence-electron chi connectivity index (χ0n) is 8.38. The van der Waals surface area contributed by atoms with Crippen LogP contribution in [-0.2, 0) is 9.53 Å². The fraction of sp³-hybridized carbons (Fsp3) is 0.900. The minimum Gasteiger partial charge on any atom is -0.381 e. The van der Waals surface area contributed by atoms with Crippen LogP contribution in [0.25, 0.3) is 0 Å². The standard InChI is InChI=1S/C10H20O2/c1-4-9(2)7-12-8-10(3)5-6-11/h6,9-10H,4-5,7-8H2,1-3H3. The first-order valence-corrected chi connectivity index (χ1v) is 4.72. The molecule has 72 valence electrons. The van der Waals surface area contributed by atoms with Crippen LogP contribution in [0, 0.1) is 11.8 Å². The van der Waals surface area contributed by atoms with Crippen molar-refractivity contribution < 1.29 is 9.53 Å². The van der Waals surface area contributed by atoms with Crippen LogP contribution in [0.5, 0.6) is 0 Å². The van der Waals surface area contributed by atoms with Crippen molar-refractivity contribution in [2.75, 3.05) is 13.2 Å². The van der Waals surface area contributed by atoms with E-state index in [0.717, 1.165) is 19.3 Å². The van der Waals surface area contributed by atoms with Gasteiger partial charge in [-0.15, -0.1) is 0 Å². The van der Waals surface area contributed by atoms with Gasteiger partial charge in [0.2, 0.25) is 0 Å². The van der Waals surface area contributed by atoms with Gasteiger partial charge in [0.15, 0.2) is 0 Å². The molecule has 0 aliphatic rings. The van der Waals surface area contributed by atoms with Crippen molar-refractivity contribution in [1.82, 2.24) is 0 Å². The first-order chi connectivity index (χ1) is 5.70. The van der Waals surface area contributed by atoms with E-state index in [-0.39, 0.29) is 0 Å². The van der Waals surface area contributed by atoms with Crippen molar-refractivity contribution in [2.24, 2.45) is 11.8 Å². The van der Waals surface area contributed by atoms with Gasteiger partial charge >= 0.3 is 0 Å². The highest BCUT2D eigenvalue weighted by atomic mass is 16.5. The zero-order chi connectivity index (χ0) is 9.40. The van der Waals surface area contributed by atoms with Crippen molar-refractivity contribution in [1.29, 1.82) is 0 Å². The summed E-state index contributed by atoms with van der Waals surface area (Å²) >= 11 is 0. The molecule has 0 aromatic heterocycles. The van der Waals surface area contributed by atoms with E-state index in [9.17, 15) is 4.79 Å². The van der Waals surface area contributed by atoms with E-state index in [1.807, 2.05) is 6.92 Å². The molecule has 0 aromatic rings. The molecule has 0 saturated carbocycles. The number of ether oxygens (including phenoxy) is 1. The quantitative estimate of drug-likeness (QED) is 0.551. The smallest absolute Gasteiger partial charge is 0.120 e. The highest BCUT2D eigenvalue weighted by molar-refractivity contribution is 5.49. The van der Waals surface area contributed by atoms with Crippen LogP contribution in [0.4, 0.5) is 0 Å². The molecule has 0 N–H and O–H groups in total. The molecule has 2 heteroatoms. The maximum absolute atomic E-state index is 10.1. The number of carbonyl (C=O) groups is 1. The van der Waals surface area contributed by atoms with Gasteiger partial charge in [-0.3, -0.25) is 0 Å². The molecule has 0 aliphatic carbocycles. The summed E-state index contributed by atoms with van der Waals surface area (Å²) in [6.45, 7) is 7.89. The van der Waals surface area contributed by atoms with Crippen molar-refractivity contribution in [3.63, 3.8) is 0 Å². The Balaban J connectivity index is 3.23. The second-order valence-electron chi connectivity index (χ2n) is 3.56. The molecule has 2 unspecified atom stereocenters. The van der Waals surface area contributed by atoms with E-state index >= 15 is 0 Å². The Kier molecular flexibility index (Phi) is 7.06. The molecule has 0 bridgehead atoms. The zero-order valence-corrected chi connectivity index (χ0v) is 8.38. The summed E-state index contributed by atoms with van der Waals surface area (Å²) in [6.07, 6.45) is 2.72. The third kappa shape index (κ3) is 6.35. The second kappa shape index (κ2) is 7.29. The summed E-state index contributed by atoms with van der Waals surface area (Å²) in [5.74, 6) is 1.000. The van der Waals surface area contributed by atoms with Crippen molar-refractivity contribution in [3.05, 3.63) is 0 Å². The van der Waals surface area contributed by atoms with Crippen LogP contribution in [0.1, 0.15) is 33.6 Å². The third-order valence-corrected chi connectivity index (χ3v) is 2.00. The van der Waals surface area contributed by atoms with Crippen molar-refractivity contribution in [3.8, 4) is 0 Å². The van der Waals surface area contributed by atoms with Gasteiger partial charge < -0.3 is 9.53 Å². The molecule has 0 amide bonds. The highest BCUT2D eigenvalue weighted by Gasteiger charge is 2.02. The third-order valence-electron chi connectivity index (χ3n) is 2.00. The minimum absolute atomic E-state index is 0.367. The largest absolute Gasteiger partial charge is 0.381 e. The van der Waals surface area contributed by atoms with Gasteiger partial charge in [-0.1, -0.05) is 27.2 Å². The Labute approximate surface area is 75.3 Å². The Hall–Kier alpha value is -0.370. The monoisotopic (exact) mass is 172 g/mol. The molecule has 0 heterocycles. The summed E-state index contributed by atoms with van der Waals surface area (Å²) in [7, 11) is 0. The second-order valence-corrected chi connectivity index (χ2v) is 3.56. The first-order valence-electron chi connectivity index (χ1n) is 4.72. The van der Waals surface area contributed by atoms with E-state index in [4.69, 9.17) is 4.74 Å². The first kappa shape index (κ1) is 11.6. The number of rotatable bonds is 7. The maximum Gasteiger partial charge on any atom is 0.120 e. The number of carbonyl (C=O) groups excluding carboxylic acids is 1. The molecule has 12 heavy (non-hydrogen) atoms. The predicted octanol–water partition coefficient (Wildman–Crippen LogP) is 2.27. The van der Waals surface area contributed by atoms with Gasteiger partial charge in [-0.2, -0.15) is 0 Å². The minimum atomic E-state index is 0.367. The molecule has 2 atom stereocenters. The van der Waals surface area contributed by atoms with Crippen LogP contribution in [0.2, 0.25) is 0 Å². The lowest BCUT2D eigenvalue weighted by Crippen LogP contribution is -2.11. The van der Waals surface area contributed by atoms with Gasteiger partial charge in [0, 0.05) is 19.6 Å². The average Bonchev–Trinajstić information content (AvgIpc) is 2.04. The summed E-state index contributed by atoms with van der Waals surface area (Å²) in [5.41, 5.74) is 0. The fourth-order valence-electron chi connectivity index (χ4n) is 0.821. The lowest BCUT2D eigenvalue weighted by molar-refractivity contribution is -0.109. The molecule has 0 fully saturated rings. The predicted molar refractivity (Wildman–Crippen MR) is 50.1 cm³/mol. The Morgan fingerprint density at radius 2 is 1.83 bits per heavy atom. The molecule has 0 saturated heterocycles. The van der Waals surface area contributed by atoms with Crippen LogP contribution in [0.3, 0.4) is 0 Å². The molecular weight excluding hydrogens is 152 g/mol. The Morgan fingerprint density at radius 3 is 2.33 bits per heavy atom. The maximum atomic E-state index is 10.1. The molecule has 2 nitrogen and oxygen atoms in total. The summed E-state index contributed by atoms with van der Waals surface area (Å²) in [5, 5.41) is 0. The Morgan fingerprint density at radius 1 is 1.25 bits per heavy atom. The normalized spacial score (nSPS) is 15.6. The number of hydrogen-bond donors (Lipinski definition) is 0. The number of aldehydes is 1. The van der Waals surface area contributed by atoms with Gasteiger partial charge in [-0.25, -0.2) is 0 Å². The van der Waals surface area contributed by atoms with Crippen LogP contribution >= 0.6 is 0 Å². The van der Waals surface area contributed by atoms with Crippen LogP contribution in [-0.4, -0.2) is 19.5 Å². The molecule has 0 radical (unpaired) electrons. The molecule has 0 rings (SSSR count). The summed E-state index contributed by atoms with van der Waals surface area (Å²) in [4.78, 5) is 10.1. The van der Waals surface area contributed by atoms with Gasteiger partial charge in [0.1, 0.15) is 6.29 Å². The van der Waals surface area contributed by atoms with E-state index < -0.39 is 0 Å². The van der Waals surface area contributed by atoms with Crippen molar-refractivity contribution in [2.45, 2.75) is 33.6 Å². The van der Waals surface area contributed by atoms with Gasteiger partial charge in [-0.05, 0) is 11.8 Å². The van der Waals surface area contributed by atoms with E-state index in [1.165, 1.54) is 0 Å². The fourth-order valence-corrected chi connectivity index (χ4v) is 0.821. The van der Waals surface area contributed by atoms with E-state index in [2.05, 4.69) is 13.8 Å². The van der Waals surface area contributed by atoms with Crippen molar-refractivity contribution >= 4 is 6.29 Å². The highest BCUT2D eigenvalue weighted by Crippen LogP contribution is 2.04. The molecule has 0 aliphatic heterocycles. The lowest BCUT2D eigenvalue weighted by atomic mass is 10.1. The van der Waals surface area contributed by atoms with E-state index in [1.54, 1.807) is 0 Å². The molecule has 0 aromatic carbocycles. The van der Waals surface area contributed by atoms with Crippen LogP contribution < -0.4 is 0 Å². The summed E-state index contributed by atoms with van der Waals surface area (Å²) < 4.78 is 5.44. The van der Waals surface area contributed by atoms with Gasteiger partial charge in [0.25, 0.3) is 0 Å².